The Bertz CT molecular complexity index is 1100. The number of aryl methyl sites for hydroxylation is 1. The molecule has 0 spiro atoms. The highest BCUT2D eigenvalue weighted by molar-refractivity contribution is 6.35. The lowest BCUT2D eigenvalue weighted by molar-refractivity contribution is -0.189. The summed E-state index contributed by atoms with van der Waals surface area (Å²) in [7, 11) is 1.13. The molecule has 1 aromatic carbocycles. The van der Waals surface area contributed by atoms with Crippen LogP contribution >= 0.6 is 11.6 Å². The van der Waals surface area contributed by atoms with E-state index in [4.69, 9.17) is 16.3 Å². The molecule has 32 heavy (non-hydrogen) atoms. The van der Waals surface area contributed by atoms with Gasteiger partial charge in [-0.15, -0.1) is 0 Å². The maximum absolute atomic E-state index is 13.5. The van der Waals surface area contributed by atoms with Crippen LogP contribution in [0.5, 0.6) is 5.75 Å². The summed E-state index contributed by atoms with van der Waals surface area (Å²) in [5.41, 5.74) is -1.79. The van der Waals surface area contributed by atoms with Gasteiger partial charge in [0.15, 0.2) is 6.10 Å². The fourth-order valence-corrected chi connectivity index (χ4v) is 3.67. The topological polar surface area (TPSA) is 71.2 Å². The first-order valence-electron chi connectivity index (χ1n) is 9.12. The van der Waals surface area contributed by atoms with Crippen molar-refractivity contribution in [2.24, 2.45) is 7.05 Å². The molecule has 0 N–H and O–H groups in total. The largest absolute Gasteiger partial charge is 0.480 e. The van der Waals surface area contributed by atoms with Crippen LogP contribution < -0.4 is 4.74 Å². The molecule has 3 rings (SSSR count). The Kier molecular flexibility index (Phi) is 6.08. The Morgan fingerprint density at radius 3 is 2.50 bits per heavy atom. The number of hydrogen-bond donors (Lipinski definition) is 0. The molecule has 1 atom stereocenters. The fourth-order valence-electron chi connectivity index (χ4n) is 3.39. The van der Waals surface area contributed by atoms with Gasteiger partial charge in [-0.3, -0.25) is 9.48 Å². The van der Waals surface area contributed by atoms with Crippen LogP contribution in [0.1, 0.15) is 39.8 Å². The van der Waals surface area contributed by atoms with Gasteiger partial charge < -0.3 is 9.64 Å². The number of aromatic nitrogens is 2. The molecule has 13 heteroatoms. The smallest absolute Gasteiger partial charge is 0.433 e. The van der Waals surface area contributed by atoms with E-state index in [2.05, 4.69) is 5.10 Å². The van der Waals surface area contributed by atoms with E-state index in [-0.39, 0.29) is 29.8 Å². The predicted molar refractivity (Wildman–Crippen MR) is 99.0 cm³/mol. The summed E-state index contributed by atoms with van der Waals surface area (Å²) in [6.45, 7) is 0.179. The molecular weight excluding hydrogens is 466 g/mol. The highest BCUT2D eigenvalue weighted by Crippen LogP contribution is 2.38. The average molecular weight is 481 g/mol. The number of benzene rings is 1. The maximum atomic E-state index is 13.5. The van der Waals surface area contributed by atoms with Gasteiger partial charge in [0.1, 0.15) is 23.1 Å². The summed E-state index contributed by atoms with van der Waals surface area (Å²) in [5.74, 6) is -1.49. The van der Waals surface area contributed by atoms with Gasteiger partial charge in [0.2, 0.25) is 0 Å². The van der Waals surface area contributed by atoms with E-state index in [1.807, 2.05) is 0 Å². The number of fused-ring (bicyclic) bond motifs is 1. The second kappa shape index (κ2) is 8.20. The van der Waals surface area contributed by atoms with Crippen LogP contribution in [0.4, 0.5) is 26.3 Å². The van der Waals surface area contributed by atoms with E-state index in [0.717, 1.165) is 31.0 Å². The number of ether oxygens (including phenoxy) is 1. The molecule has 6 nitrogen and oxygen atoms in total. The minimum absolute atomic E-state index is 0.00427. The minimum atomic E-state index is -4.75. The normalized spacial score (nSPS) is 15.2. The molecule has 0 aliphatic carbocycles. The molecule has 0 saturated heterocycles. The molecule has 0 fully saturated rings. The lowest BCUT2D eigenvalue weighted by Crippen LogP contribution is -2.37. The van der Waals surface area contributed by atoms with Crippen LogP contribution in [0.25, 0.3) is 0 Å². The Labute approximate surface area is 182 Å². The molecule has 0 bridgehead atoms. The van der Waals surface area contributed by atoms with Crippen LogP contribution in [-0.2, 0) is 26.2 Å². The van der Waals surface area contributed by atoms with Crippen molar-refractivity contribution in [1.29, 1.82) is 5.26 Å². The van der Waals surface area contributed by atoms with E-state index in [0.29, 0.717) is 4.68 Å². The summed E-state index contributed by atoms with van der Waals surface area (Å²) in [4.78, 5) is 14.2. The number of rotatable bonds is 3. The standard InChI is InChI=1S/C19H15ClF6N4O2/c1-9(18(21,22)23)32-13-4-3-10(7-27)15(20)14(13)17(31)30-6-5-12-11(8-30)16(19(24,25)26)29(2)28-12/h3-4,9H,5-6,8H2,1-2H3. The van der Waals surface area contributed by atoms with Gasteiger partial charge in [-0.05, 0) is 19.1 Å². The van der Waals surface area contributed by atoms with Crippen molar-refractivity contribution in [1.82, 2.24) is 14.7 Å². The van der Waals surface area contributed by atoms with Crippen LogP contribution in [0.3, 0.4) is 0 Å². The second-order valence-corrected chi connectivity index (χ2v) is 7.46. The van der Waals surface area contributed by atoms with E-state index in [9.17, 15) is 36.4 Å². The molecule has 2 aromatic rings. The van der Waals surface area contributed by atoms with Gasteiger partial charge in [-0.1, -0.05) is 11.6 Å². The Morgan fingerprint density at radius 1 is 1.28 bits per heavy atom. The van der Waals surface area contributed by atoms with E-state index in [1.54, 1.807) is 6.07 Å². The van der Waals surface area contributed by atoms with Crippen LogP contribution in [0.15, 0.2) is 12.1 Å². The van der Waals surface area contributed by atoms with Gasteiger partial charge in [0.25, 0.3) is 5.91 Å². The number of carbonyl (C=O) groups is 1. The zero-order valence-electron chi connectivity index (χ0n) is 16.6. The molecule has 1 aliphatic heterocycles. The summed E-state index contributed by atoms with van der Waals surface area (Å²) < 4.78 is 84.9. The summed E-state index contributed by atoms with van der Waals surface area (Å²) in [6, 6.07) is 3.80. The number of hydrogen-bond acceptors (Lipinski definition) is 4. The monoisotopic (exact) mass is 480 g/mol. The highest BCUT2D eigenvalue weighted by Gasteiger charge is 2.42. The zero-order chi connectivity index (χ0) is 24.0. The lowest BCUT2D eigenvalue weighted by Gasteiger charge is -2.29. The van der Waals surface area contributed by atoms with Crippen LogP contribution in [0.2, 0.25) is 5.02 Å². The number of nitriles is 1. The third-order valence-electron chi connectivity index (χ3n) is 4.95. The average Bonchev–Trinajstić information content (AvgIpc) is 3.02. The van der Waals surface area contributed by atoms with Crippen molar-refractivity contribution in [2.45, 2.75) is 38.3 Å². The molecular formula is C19H15ClF6N4O2. The summed E-state index contributed by atoms with van der Waals surface area (Å²) in [5, 5.41) is 12.6. The van der Waals surface area contributed by atoms with Crippen molar-refractivity contribution in [3.8, 4) is 11.8 Å². The van der Waals surface area contributed by atoms with E-state index < -0.39 is 52.9 Å². The van der Waals surface area contributed by atoms with Gasteiger partial charge in [-0.25, -0.2) is 0 Å². The van der Waals surface area contributed by atoms with Gasteiger partial charge in [-0.2, -0.15) is 36.7 Å². The third-order valence-corrected chi connectivity index (χ3v) is 5.35. The number of nitrogens with zero attached hydrogens (tertiary/aromatic N) is 4. The summed E-state index contributed by atoms with van der Waals surface area (Å²) >= 11 is 6.11. The number of alkyl halides is 6. The SMILES string of the molecule is CC(Oc1ccc(C#N)c(Cl)c1C(=O)N1CCc2nn(C)c(C(F)(F)F)c2C1)C(F)(F)F. The van der Waals surface area contributed by atoms with Gasteiger partial charge >= 0.3 is 12.4 Å². The van der Waals surface area contributed by atoms with Gasteiger partial charge in [0.05, 0.1) is 16.3 Å². The minimum Gasteiger partial charge on any atom is -0.480 e. The molecule has 1 unspecified atom stereocenters. The Hall–Kier alpha value is -2.94. The lowest BCUT2D eigenvalue weighted by atomic mass is 10.0. The van der Waals surface area contributed by atoms with Gasteiger partial charge in [0, 0.05) is 32.1 Å². The van der Waals surface area contributed by atoms with Crippen molar-refractivity contribution >= 4 is 17.5 Å². The first-order valence-corrected chi connectivity index (χ1v) is 9.50. The molecule has 0 radical (unpaired) electrons. The first-order chi connectivity index (χ1) is 14.8. The molecule has 1 aromatic heterocycles. The molecule has 1 aliphatic rings. The molecule has 2 heterocycles. The van der Waals surface area contributed by atoms with Crippen molar-refractivity contribution in [3.63, 3.8) is 0 Å². The Balaban J connectivity index is 2.02. The highest BCUT2D eigenvalue weighted by atomic mass is 35.5. The van der Waals surface area contributed by atoms with Crippen molar-refractivity contribution in [3.05, 3.63) is 45.2 Å². The number of carbonyl (C=O) groups excluding carboxylic acids is 1. The number of amides is 1. The zero-order valence-corrected chi connectivity index (χ0v) is 17.4. The van der Waals surface area contributed by atoms with Crippen LogP contribution in [0, 0.1) is 11.3 Å². The summed E-state index contributed by atoms with van der Waals surface area (Å²) in [6.07, 6.45) is -11.8. The fraction of sp³-hybridized carbons (Fsp3) is 0.421. The van der Waals surface area contributed by atoms with Crippen molar-refractivity contribution < 1.29 is 35.9 Å². The van der Waals surface area contributed by atoms with E-state index >= 15 is 0 Å². The maximum Gasteiger partial charge on any atom is 0.433 e. The first kappa shape index (κ1) is 23.7. The van der Waals surface area contributed by atoms with Crippen LogP contribution in [-0.4, -0.2) is 39.4 Å². The molecule has 0 saturated carbocycles. The number of halogens is 7. The molecule has 172 valence electrons. The predicted octanol–water partition coefficient (Wildman–Crippen LogP) is 4.49. The van der Waals surface area contributed by atoms with Crippen molar-refractivity contribution in [2.75, 3.05) is 6.54 Å². The Morgan fingerprint density at radius 2 is 1.94 bits per heavy atom. The second-order valence-electron chi connectivity index (χ2n) is 7.09. The third kappa shape index (κ3) is 4.34. The van der Waals surface area contributed by atoms with E-state index in [1.165, 1.54) is 0 Å². The quantitative estimate of drug-likeness (QED) is 0.607. The molecule has 1 amide bonds.